The molecule has 0 aliphatic rings. The summed E-state index contributed by atoms with van der Waals surface area (Å²) in [4.78, 5) is 4.22. The van der Waals surface area contributed by atoms with Crippen LogP contribution in [-0.4, -0.2) is 43.6 Å². The SMILES string of the molecule is CC(C)N(C(=S)S)C(C)C.CCCN(CCC)C(=S)S.[Cu].[Cu]. The van der Waals surface area contributed by atoms with Gasteiger partial charge in [0.1, 0.15) is 8.64 Å². The van der Waals surface area contributed by atoms with Crippen LogP contribution in [0.15, 0.2) is 0 Å². The Morgan fingerprint density at radius 1 is 0.818 bits per heavy atom. The Kier molecular flexibility index (Phi) is 26.8. The molecular weight excluding hydrogens is 452 g/mol. The average molecular weight is 482 g/mol. The molecule has 0 aliphatic carbocycles. The third kappa shape index (κ3) is 16.4. The Labute approximate surface area is 180 Å². The van der Waals surface area contributed by atoms with Crippen LogP contribution in [-0.2, 0) is 34.1 Å². The summed E-state index contributed by atoms with van der Waals surface area (Å²) >= 11 is 18.1. The number of hydrogen-bond donors (Lipinski definition) is 2. The van der Waals surface area contributed by atoms with Crippen molar-refractivity contribution < 1.29 is 34.1 Å². The molecule has 2 nitrogen and oxygen atoms in total. The quantitative estimate of drug-likeness (QED) is 0.324. The molecule has 0 aromatic rings. The molecule has 0 heterocycles. The van der Waals surface area contributed by atoms with Crippen LogP contribution in [0.1, 0.15) is 54.4 Å². The summed E-state index contributed by atoms with van der Waals surface area (Å²) in [5, 5.41) is 0. The van der Waals surface area contributed by atoms with Crippen molar-refractivity contribution in [1.82, 2.24) is 9.80 Å². The van der Waals surface area contributed by atoms with Crippen LogP contribution in [0.25, 0.3) is 0 Å². The van der Waals surface area contributed by atoms with Gasteiger partial charge in [0.25, 0.3) is 0 Å². The third-order valence-corrected chi connectivity index (χ3v) is 3.57. The summed E-state index contributed by atoms with van der Waals surface area (Å²) in [6, 6.07) is 0.898. The minimum atomic E-state index is 0. The molecule has 0 aliphatic heterocycles. The van der Waals surface area contributed by atoms with E-state index in [4.69, 9.17) is 24.4 Å². The van der Waals surface area contributed by atoms with Gasteiger partial charge < -0.3 is 9.80 Å². The number of thiocarbonyl (C=S) groups is 2. The van der Waals surface area contributed by atoms with E-state index in [0.29, 0.717) is 16.4 Å². The third-order valence-electron chi connectivity index (χ3n) is 2.59. The molecular formula is C14H30Cu2N2S4. The Morgan fingerprint density at radius 3 is 1.23 bits per heavy atom. The summed E-state index contributed by atoms with van der Waals surface area (Å²) in [6.45, 7) is 14.8. The molecule has 0 saturated carbocycles. The van der Waals surface area contributed by atoms with Crippen molar-refractivity contribution in [3.8, 4) is 0 Å². The van der Waals surface area contributed by atoms with Crippen molar-refractivity contribution in [3.63, 3.8) is 0 Å². The number of hydrogen-bond acceptors (Lipinski definition) is 2. The normalized spacial score (nSPS) is 9.18. The largest absolute Gasteiger partial charge is 0.358 e. The second-order valence-electron chi connectivity index (χ2n) is 5.15. The molecule has 0 fully saturated rings. The summed E-state index contributed by atoms with van der Waals surface area (Å²) in [5.74, 6) is 0. The molecule has 8 heteroatoms. The van der Waals surface area contributed by atoms with Crippen LogP contribution in [0.2, 0.25) is 0 Å². The molecule has 0 bridgehead atoms. The van der Waals surface area contributed by atoms with Gasteiger partial charge in [0.15, 0.2) is 0 Å². The molecule has 0 saturated heterocycles. The summed E-state index contributed by atoms with van der Waals surface area (Å²) in [7, 11) is 0. The van der Waals surface area contributed by atoms with E-state index in [9.17, 15) is 0 Å². The monoisotopic (exact) mass is 480 g/mol. The Balaban J connectivity index is -0.000000135. The van der Waals surface area contributed by atoms with E-state index in [1.807, 2.05) is 0 Å². The first kappa shape index (κ1) is 31.3. The van der Waals surface area contributed by atoms with Gasteiger partial charge in [-0.3, -0.25) is 0 Å². The van der Waals surface area contributed by atoms with Crippen molar-refractivity contribution in [1.29, 1.82) is 0 Å². The van der Waals surface area contributed by atoms with Crippen LogP contribution >= 0.6 is 49.7 Å². The molecule has 0 rings (SSSR count). The average Bonchev–Trinajstić information content (AvgIpc) is 2.27. The van der Waals surface area contributed by atoms with E-state index >= 15 is 0 Å². The summed E-state index contributed by atoms with van der Waals surface area (Å²) < 4.78 is 1.41. The van der Waals surface area contributed by atoms with Crippen LogP contribution in [0.5, 0.6) is 0 Å². The minimum Gasteiger partial charge on any atom is -0.358 e. The molecule has 22 heavy (non-hydrogen) atoms. The van der Waals surface area contributed by atoms with Gasteiger partial charge in [-0.1, -0.05) is 38.3 Å². The smallest absolute Gasteiger partial charge is 0.133 e. The van der Waals surface area contributed by atoms with Crippen molar-refractivity contribution in [2.75, 3.05) is 13.1 Å². The number of rotatable bonds is 6. The van der Waals surface area contributed by atoms with E-state index in [0.717, 1.165) is 30.3 Å². The van der Waals surface area contributed by atoms with E-state index in [-0.39, 0.29) is 34.1 Å². The van der Waals surface area contributed by atoms with Crippen LogP contribution in [0, 0.1) is 0 Å². The van der Waals surface area contributed by atoms with Crippen molar-refractivity contribution in [2.24, 2.45) is 0 Å². The Hall–Kier alpha value is 1.52. The topological polar surface area (TPSA) is 6.48 Å². The summed E-state index contributed by atoms with van der Waals surface area (Å²) in [5.41, 5.74) is 0. The zero-order valence-electron chi connectivity index (χ0n) is 14.2. The predicted octanol–water partition coefficient (Wildman–Crippen LogP) is 4.64. The minimum absolute atomic E-state index is 0. The van der Waals surface area contributed by atoms with E-state index < -0.39 is 0 Å². The van der Waals surface area contributed by atoms with Gasteiger partial charge in [-0.25, -0.2) is 0 Å². The number of nitrogens with zero attached hydrogens (tertiary/aromatic N) is 2. The van der Waals surface area contributed by atoms with Crippen molar-refractivity contribution >= 4 is 58.3 Å². The van der Waals surface area contributed by atoms with Gasteiger partial charge in [-0.15, -0.1) is 25.3 Å². The first-order valence-corrected chi connectivity index (χ1v) is 8.89. The second kappa shape index (κ2) is 18.9. The molecule has 0 aromatic heterocycles. The first-order chi connectivity index (χ1) is 9.18. The maximum atomic E-state index is 4.96. The van der Waals surface area contributed by atoms with Gasteiger partial charge in [0, 0.05) is 59.3 Å². The molecule has 2 radical (unpaired) electrons. The fraction of sp³-hybridized carbons (Fsp3) is 0.857. The summed E-state index contributed by atoms with van der Waals surface area (Å²) in [6.07, 6.45) is 2.28. The van der Waals surface area contributed by atoms with Gasteiger partial charge in [0.05, 0.1) is 0 Å². The molecule has 0 unspecified atom stereocenters. The van der Waals surface area contributed by atoms with Gasteiger partial charge >= 0.3 is 0 Å². The maximum absolute atomic E-state index is 4.96. The first-order valence-electron chi connectivity index (χ1n) is 7.18. The predicted molar refractivity (Wildman–Crippen MR) is 107 cm³/mol. The maximum Gasteiger partial charge on any atom is 0.133 e. The van der Waals surface area contributed by atoms with Crippen molar-refractivity contribution in [3.05, 3.63) is 0 Å². The molecule has 0 atom stereocenters. The fourth-order valence-corrected chi connectivity index (χ4v) is 3.15. The van der Waals surface area contributed by atoms with Crippen LogP contribution in [0.3, 0.4) is 0 Å². The molecule has 0 spiro atoms. The van der Waals surface area contributed by atoms with Gasteiger partial charge in [-0.05, 0) is 40.5 Å². The fourth-order valence-electron chi connectivity index (χ4n) is 1.88. The second-order valence-corrected chi connectivity index (χ2v) is 7.37. The van der Waals surface area contributed by atoms with Crippen LogP contribution < -0.4 is 0 Å². The van der Waals surface area contributed by atoms with E-state index in [2.05, 4.69) is 76.6 Å². The molecule has 0 N–H and O–H groups in total. The van der Waals surface area contributed by atoms with Crippen LogP contribution in [0.4, 0.5) is 0 Å². The molecule has 0 aromatic carbocycles. The van der Waals surface area contributed by atoms with E-state index in [1.165, 1.54) is 0 Å². The molecule has 0 amide bonds. The molecule has 142 valence electrons. The Bertz CT molecular complexity index is 276. The van der Waals surface area contributed by atoms with E-state index in [1.54, 1.807) is 0 Å². The van der Waals surface area contributed by atoms with Gasteiger partial charge in [-0.2, -0.15) is 0 Å². The number of thiol groups is 2. The zero-order valence-corrected chi connectivity index (χ0v) is 19.5. The standard InChI is InChI=1S/2C7H15NS2.2Cu/c1-5(2)8(6(3)4)7(9)10;1-3-5-8(6-4-2)7(9)10;;/h5-6H,1-4H3,(H,9,10);3-6H2,1-2H3,(H,9,10);;. The van der Waals surface area contributed by atoms with Gasteiger partial charge in [0.2, 0.25) is 0 Å². The van der Waals surface area contributed by atoms with Crippen molar-refractivity contribution in [2.45, 2.75) is 66.5 Å². The zero-order chi connectivity index (χ0) is 16.3. The Morgan fingerprint density at radius 2 is 1.14 bits per heavy atom.